The van der Waals surface area contributed by atoms with E-state index in [4.69, 9.17) is 0 Å². The van der Waals surface area contributed by atoms with E-state index in [0.29, 0.717) is 0 Å². The second-order valence-electron chi connectivity index (χ2n) is 9.05. The molecule has 4 aromatic rings. The summed E-state index contributed by atoms with van der Waals surface area (Å²) < 4.78 is 0. The molecule has 0 amide bonds. The largest absolute Gasteiger partial charge is 0.370 e. The second-order valence-corrected chi connectivity index (χ2v) is 9.05. The van der Waals surface area contributed by atoms with Crippen LogP contribution in [0.4, 0.5) is 5.69 Å². The summed E-state index contributed by atoms with van der Waals surface area (Å²) in [6.07, 6.45) is 5.68. The minimum atomic E-state index is 0.860. The minimum Gasteiger partial charge on any atom is -0.370 e. The average Bonchev–Trinajstić information content (AvgIpc) is 2.87. The Morgan fingerprint density at radius 1 is 0.719 bits per heavy atom. The van der Waals surface area contributed by atoms with Crippen molar-refractivity contribution in [2.24, 2.45) is 0 Å². The number of nitrogens with zero attached hydrogens (tertiary/aromatic N) is 2. The van der Waals surface area contributed by atoms with Gasteiger partial charge in [0.05, 0.1) is 11.3 Å². The smallest absolute Gasteiger partial charge is 0.102 e. The molecule has 4 aromatic carbocycles. The van der Waals surface area contributed by atoms with Crippen LogP contribution in [0, 0.1) is 11.3 Å². The van der Waals surface area contributed by atoms with Crippen LogP contribution in [0.1, 0.15) is 36.0 Å². The van der Waals surface area contributed by atoms with Gasteiger partial charge in [0, 0.05) is 18.7 Å². The number of hydrogen-bond acceptors (Lipinski definition) is 2. The van der Waals surface area contributed by atoms with E-state index in [-0.39, 0.29) is 0 Å². The van der Waals surface area contributed by atoms with E-state index in [1.54, 1.807) is 0 Å². The van der Waals surface area contributed by atoms with Gasteiger partial charge in [-0.15, -0.1) is 0 Å². The van der Waals surface area contributed by atoms with Crippen molar-refractivity contribution in [2.45, 2.75) is 32.1 Å². The van der Waals surface area contributed by atoms with Gasteiger partial charge in [0.1, 0.15) is 6.07 Å². The molecule has 0 radical (unpaired) electrons. The lowest BCUT2D eigenvalue weighted by atomic mass is 9.78. The quantitative estimate of drug-likeness (QED) is 0.349. The number of nitriles is 1. The lowest BCUT2D eigenvalue weighted by molar-refractivity contribution is 0.577. The predicted molar refractivity (Wildman–Crippen MR) is 133 cm³/mol. The summed E-state index contributed by atoms with van der Waals surface area (Å²) in [7, 11) is 0. The SMILES string of the molecule is N#Cc1c(N2CCCCC2)cc(-c2ccc3ccccc3c2)c2c1-c1ccccc1CC2. The molecule has 0 aromatic heterocycles. The van der Waals surface area contributed by atoms with Crippen LogP contribution in [-0.4, -0.2) is 13.1 Å². The first-order valence-corrected chi connectivity index (χ1v) is 11.8. The highest BCUT2D eigenvalue weighted by molar-refractivity contribution is 5.94. The molecule has 0 unspecified atom stereocenters. The molecule has 2 heteroatoms. The maximum absolute atomic E-state index is 10.4. The van der Waals surface area contributed by atoms with Gasteiger partial charge in [-0.1, -0.05) is 60.7 Å². The Bertz CT molecular complexity index is 1370. The molecular formula is C30H26N2. The lowest BCUT2D eigenvalue weighted by Crippen LogP contribution is -2.30. The summed E-state index contributed by atoms with van der Waals surface area (Å²) in [4.78, 5) is 2.45. The highest BCUT2D eigenvalue weighted by Gasteiger charge is 2.27. The number of hydrogen-bond donors (Lipinski definition) is 0. The van der Waals surface area contributed by atoms with Crippen LogP contribution in [0.25, 0.3) is 33.0 Å². The summed E-state index contributed by atoms with van der Waals surface area (Å²) in [6.45, 7) is 2.07. The summed E-state index contributed by atoms with van der Waals surface area (Å²) in [5, 5.41) is 12.9. The third kappa shape index (κ3) is 3.09. The van der Waals surface area contributed by atoms with Crippen molar-refractivity contribution < 1.29 is 0 Å². The first-order chi connectivity index (χ1) is 15.8. The van der Waals surface area contributed by atoms with Crippen LogP contribution in [0.3, 0.4) is 0 Å². The van der Waals surface area contributed by atoms with E-state index in [1.165, 1.54) is 63.4 Å². The normalized spacial score (nSPS) is 15.2. The zero-order valence-corrected chi connectivity index (χ0v) is 18.3. The number of piperidine rings is 1. The topological polar surface area (TPSA) is 27.0 Å². The van der Waals surface area contributed by atoms with Gasteiger partial charge < -0.3 is 4.90 Å². The Kier molecular flexibility index (Phi) is 4.69. The van der Waals surface area contributed by atoms with Gasteiger partial charge >= 0.3 is 0 Å². The van der Waals surface area contributed by atoms with Gasteiger partial charge in [-0.2, -0.15) is 5.26 Å². The highest BCUT2D eigenvalue weighted by atomic mass is 15.1. The molecule has 2 aliphatic rings. The fraction of sp³-hybridized carbons (Fsp3) is 0.233. The molecule has 0 spiro atoms. The van der Waals surface area contributed by atoms with E-state index in [9.17, 15) is 5.26 Å². The van der Waals surface area contributed by atoms with E-state index in [0.717, 1.165) is 37.2 Å². The van der Waals surface area contributed by atoms with Crippen LogP contribution >= 0.6 is 0 Å². The van der Waals surface area contributed by atoms with Crippen LogP contribution < -0.4 is 4.90 Å². The molecule has 1 saturated heterocycles. The van der Waals surface area contributed by atoms with Crippen molar-refractivity contribution in [2.75, 3.05) is 18.0 Å². The standard InChI is InChI=1S/C30H26N2/c31-20-28-29(32-16-6-1-7-17-32)19-27(24-13-12-21-8-2-3-10-23(21)18-24)26-15-14-22-9-4-5-11-25(22)30(26)28/h2-5,8-13,18-19H,1,6-7,14-17H2. The molecule has 1 heterocycles. The zero-order valence-electron chi connectivity index (χ0n) is 18.3. The van der Waals surface area contributed by atoms with Crippen molar-refractivity contribution in [1.29, 1.82) is 5.26 Å². The summed E-state index contributed by atoms with van der Waals surface area (Å²) in [6, 6.07) is 29.0. The molecule has 0 N–H and O–H groups in total. The third-order valence-corrected chi connectivity index (χ3v) is 7.21. The second kappa shape index (κ2) is 7.84. The van der Waals surface area contributed by atoms with E-state index in [1.807, 2.05) is 0 Å². The van der Waals surface area contributed by atoms with Gasteiger partial charge in [0.2, 0.25) is 0 Å². The van der Waals surface area contributed by atoms with Gasteiger partial charge in [-0.05, 0) is 82.8 Å². The van der Waals surface area contributed by atoms with Crippen molar-refractivity contribution in [3.8, 4) is 28.3 Å². The van der Waals surface area contributed by atoms with Crippen molar-refractivity contribution >= 4 is 16.5 Å². The minimum absolute atomic E-state index is 0.860. The molecule has 2 nitrogen and oxygen atoms in total. The Balaban J connectivity index is 1.65. The maximum Gasteiger partial charge on any atom is 0.102 e. The van der Waals surface area contributed by atoms with Crippen LogP contribution in [-0.2, 0) is 12.8 Å². The Morgan fingerprint density at radius 3 is 2.34 bits per heavy atom. The molecule has 1 aliphatic heterocycles. The van der Waals surface area contributed by atoms with Crippen LogP contribution in [0.5, 0.6) is 0 Å². The number of aryl methyl sites for hydroxylation is 1. The monoisotopic (exact) mass is 414 g/mol. The maximum atomic E-state index is 10.4. The molecule has 1 fully saturated rings. The summed E-state index contributed by atoms with van der Waals surface area (Å²) in [5.41, 5.74) is 9.62. The van der Waals surface area contributed by atoms with E-state index >= 15 is 0 Å². The molecule has 156 valence electrons. The van der Waals surface area contributed by atoms with Crippen LogP contribution in [0.2, 0.25) is 0 Å². The van der Waals surface area contributed by atoms with Crippen molar-refractivity contribution in [1.82, 2.24) is 0 Å². The number of benzene rings is 4. The Hall–Kier alpha value is -3.57. The average molecular weight is 415 g/mol. The fourth-order valence-corrected chi connectivity index (χ4v) is 5.62. The van der Waals surface area contributed by atoms with Crippen molar-refractivity contribution in [3.63, 3.8) is 0 Å². The van der Waals surface area contributed by atoms with Crippen LogP contribution in [0.15, 0.2) is 72.8 Å². The Morgan fingerprint density at radius 2 is 1.50 bits per heavy atom. The van der Waals surface area contributed by atoms with Crippen molar-refractivity contribution in [3.05, 3.63) is 89.5 Å². The van der Waals surface area contributed by atoms with E-state index in [2.05, 4.69) is 83.8 Å². The fourth-order valence-electron chi connectivity index (χ4n) is 5.62. The van der Waals surface area contributed by atoms with Gasteiger partial charge in [-0.3, -0.25) is 0 Å². The molecule has 1 aliphatic carbocycles. The van der Waals surface area contributed by atoms with Gasteiger partial charge in [0.25, 0.3) is 0 Å². The molecular weight excluding hydrogens is 388 g/mol. The molecule has 32 heavy (non-hydrogen) atoms. The summed E-state index contributed by atoms with van der Waals surface area (Å²) >= 11 is 0. The van der Waals surface area contributed by atoms with E-state index < -0.39 is 0 Å². The Labute approximate surface area is 189 Å². The number of anilines is 1. The van der Waals surface area contributed by atoms with Gasteiger partial charge in [0.15, 0.2) is 0 Å². The molecule has 0 saturated carbocycles. The number of rotatable bonds is 2. The lowest BCUT2D eigenvalue weighted by Gasteiger charge is -2.33. The summed E-state index contributed by atoms with van der Waals surface area (Å²) in [5.74, 6) is 0. The molecule has 0 bridgehead atoms. The van der Waals surface area contributed by atoms with Gasteiger partial charge in [-0.25, -0.2) is 0 Å². The molecule has 6 rings (SSSR count). The zero-order chi connectivity index (χ0) is 21.5. The first kappa shape index (κ1) is 19.1. The first-order valence-electron chi connectivity index (χ1n) is 11.8. The third-order valence-electron chi connectivity index (χ3n) is 7.21. The number of fused-ring (bicyclic) bond motifs is 4. The molecule has 0 atom stereocenters. The predicted octanol–water partition coefficient (Wildman–Crippen LogP) is 7.13. The highest BCUT2D eigenvalue weighted by Crippen LogP contribution is 2.45.